The maximum atomic E-state index is 11.8. The molecule has 0 saturated heterocycles. The van der Waals surface area contributed by atoms with Gasteiger partial charge in [-0.25, -0.2) is 0 Å². The van der Waals surface area contributed by atoms with Crippen LogP contribution < -0.4 is 4.90 Å². The first-order valence-electron chi connectivity index (χ1n) is 7.79. The fraction of sp³-hybridized carbons (Fsp3) is 0.278. The molecule has 0 radical (unpaired) electrons. The van der Waals surface area contributed by atoms with E-state index < -0.39 is 4.92 Å². The first-order valence-corrected chi connectivity index (χ1v) is 8.59. The number of nitro benzene ring substituents is 1. The molecule has 6 nitrogen and oxygen atoms in total. The van der Waals surface area contributed by atoms with Crippen molar-refractivity contribution in [1.82, 2.24) is 0 Å². The molecule has 1 heterocycles. The lowest BCUT2D eigenvalue weighted by Gasteiger charge is -2.22. The summed E-state index contributed by atoms with van der Waals surface area (Å²) in [5.41, 5.74) is 3.87. The van der Waals surface area contributed by atoms with Crippen molar-refractivity contribution in [3.63, 3.8) is 0 Å². The molecule has 1 atom stereocenters. The molecule has 1 unspecified atom stereocenters. The standard InChI is InChI=1S/C18H17BrN2O4/c1-11-7-14(21(23)24)4-6-16(11)20-10-12(8-18(22)25-2)15-9-13(19)3-5-17(15)20/h3-7,9,12H,8,10H2,1-2H3. The number of nitro groups is 1. The number of methoxy groups -OCH3 is 1. The summed E-state index contributed by atoms with van der Waals surface area (Å²) in [7, 11) is 1.39. The highest BCUT2D eigenvalue weighted by atomic mass is 79.9. The van der Waals surface area contributed by atoms with E-state index in [1.54, 1.807) is 12.1 Å². The quantitative estimate of drug-likeness (QED) is 0.427. The molecular formula is C18H17BrN2O4. The zero-order valence-corrected chi connectivity index (χ0v) is 15.4. The molecule has 2 aromatic carbocycles. The third-order valence-corrected chi connectivity index (χ3v) is 4.94. The molecule has 1 aliphatic heterocycles. The summed E-state index contributed by atoms with van der Waals surface area (Å²) in [6.07, 6.45) is 0.294. The summed E-state index contributed by atoms with van der Waals surface area (Å²) in [6, 6.07) is 10.8. The predicted octanol–water partition coefficient (Wildman–Crippen LogP) is 4.46. The minimum Gasteiger partial charge on any atom is -0.469 e. The van der Waals surface area contributed by atoms with Gasteiger partial charge < -0.3 is 9.64 Å². The average molecular weight is 405 g/mol. The van der Waals surface area contributed by atoms with E-state index in [0.717, 1.165) is 27.0 Å². The summed E-state index contributed by atoms with van der Waals surface area (Å²) >= 11 is 3.48. The number of halogens is 1. The van der Waals surface area contributed by atoms with Gasteiger partial charge in [0, 0.05) is 40.4 Å². The van der Waals surface area contributed by atoms with Crippen LogP contribution in [0.2, 0.25) is 0 Å². The topological polar surface area (TPSA) is 72.7 Å². The van der Waals surface area contributed by atoms with Crippen molar-refractivity contribution in [1.29, 1.82) is 0 Å². The lowest BCUT2D eigenvalue weighted by Crippen LogP contribution is -2.18. The van der Waals surface area contributed by atoms with Gasteiger partial charge in [0.2, 0.25) is 0 Å². The van der Waals surface area contributed by atoms with Crippen LogP contribution in [0.1, 0.15) is 23.5 Å². The van der Waals surface area contributed by atoms with Crippen molar-refractivity contribution in [2.24, 2.45) is 0 Å². The largest absolute Gasteiger partial charge is 0.469 e. The van der Waals surface area contributed by atoms with Crippen LogP contribution >= 0.6 is 15.9 Å². The van der Waals surface area contributed by atoms with E-state index in [1.165, 1.54) is 13.2 Å². The molecule has 0 amide bonds. The monoisotopic (exact) mass is 404 g/mol. The van der Waals surface area contributed by atoms with E-state index >= 15 is 0 Å². The SMILES string of the molecule is COC(=O)CC1CN(c2ccc([N+](=O)[O-])cc2C)c2ccc(Br)cc21. The van der Waals surface area contributed by atoms with Crippen LogP contribution in [-0.4, -0.2) is 24.5 Å². The van der Waals surface area contributed by atoms with Crippen molar-refractivity contribution >= 4 is 39.0 Å². The minimum absolute atomic E-state index is 0.00884. The van der Waals surface area contributed by atoms with Crippen molar-refractivity contribution in [2.45, 2.75) is 19.3 Å². The Labute approximate surface area is 153 Å². The molecule has 0 aromatic heterocycles. The second-order valence-electron chi connectivity index (χ2n) is 6.02. The third kappa shape index (κ3) is 3.37. The van der Waals surface area contributed by atoms with Crippen molar-refractivity contribution in [3.05, 3.63) is 62.1 Å². The normalized spacial score (nSPS) is 15.8. The van der Waals surface area contributed by atoms with Crippen LogP contribution in [0.25, 0.3) is 0 Å². The third-order valence-electron chi connectivity index (χ3n) is 4.45. The Morgan fingerprint density at radius 3 is 2.68 bits per heavy atom. The fourth-order valence-corrected chi connectivity index (χ4v) is 3.64. The number of ether oxygens (including phenoxy) is 1. The number of rotatable bonds is 4. The smallest absolute Gasteiger partial charge is 0.306 e. The number of non-ortho nitro benzene ring substituents is 1. The van der Waals surface area contributed by atoms with Gasteiger partial charge in [0.15, 0.2) is 0 Å². The molecule has 130 valence electrons. The molecule has 0 bridgehead atoms. The van der Waals surface area contributed by atoms with Crippen LogP contribution in [0, 0.1) is 17.0 Å². The van der Waals surface area contributed by atoms with Crippen LogP contribution in [0.5, 0.6) is 0 Å². The summed E-state index contributed by atoms with van der Waals surface area (Å²) < 4.78 is 5.77. The van der Waals surface area contributed by atoms with Gasteiger partial charge in [-0.2, -0.15) is 0 Å². The highest BCUT2D eigenvalue weighted by molar-refractivity contribution is 9.10. The Kier molecular flexibility index (Phi) is 4.76. The van der Waals surface area contributed by atoms with Crippen molar-refractivity contribution < 1.29 is 14.5 Å². The molecule has 25 heavy (non-hydrogen) atoms. The predicted molar refractivity (Wildman–Crippen MR) is 98.4 cm³/mol. The molecule has 0 saturated carbocycles. The van der Waals surface area contributed by atoms with Gasteiger partial charge in [-0.15, -0.1) is 0 Å². The van der Waals surface area contributed by atoms with Gasteiger partial charge >= 0.3 is 5.97 Å². The van der Waals surface area contributed by atoms with Crippen LogP contribution in [0.3, 0.4) is 0 Å². The number of anilines is 2. The van der Waals surface area contributed by atoms with Gasteiger partial charge in [-0.1, -0.05) is 15.9 Å². The number of hydrogen-bond acceptors (Lipinski definition) is 5. The second kappa shape index (κ2) is 6.84. The van der Waals surface area contributed by atoms with Crippen LogP contribution in [0.15, 0.2) is 40.9 Å². The van der Waals surface area contributed by atoms with E-state index in [1.807, 2.05) is 25.1 Å². The summed E-state index contributed by atoms with van der Waals surface area (Å²) in [5, 5.41) is 11.0. The molecular weight excluding hydrogens is 388 g/mol. The summed E-state index contributed by atoms with van der Waals surface area (Å²) in [6.45, 7) is 2.48. The lowest BCUT2D eigenvalue weighted by molar-refractivity contribution is -0.384. The molecule has 3 rings (SSSR count). The Balaban J connectivity index is 2.01. The van der Waals surface area contributed by atoms with Crippen molar-refractivity contribution in [3.8, 4) is 0 Å². The Morgan fingerprint density at radius 2 is 2.04 bits per heavy atom. The number of esters is 1. The van der Waals surface area contributed by atoms with Gasteiger partial charge in [-0.05, 0) is 42.3 Å². The van der Waals surface area contributed by atoms with Gasteiger partial charge in [-0.3, -0.25) is 14.9 Å². The van der Waals surface area contributed by atoms with Gasteiger partial charge in [0.1, 0.15) is 0 Å². The van der Waals surface area contributed by atoms with E-state index in [0.29, 0.717) is 13.0 Å². The maximum absolute atomic E-state index is 11.8. The second-order valence-corrected chi connectivity index (χ2v) is 6.93. The average Bonchev–Trinajstić information content (AvgIpc) is 2.92. The molecule has 7 heteroatoms. The van der Waals surface area contributed by atoms with E-state index in [4.69, 9.17) is 4.74 Å². The number of nitrogens with zero attached hydrogens (tertiary/aromatic N) is 2. The Morgan fingerprint density at radius 1 is 1.32 bits per heavy atom. The van der Waals surface area contributed by atoms with Crippen LogP contribution in [0.4, 0.5) is 17.1 Å². The number of carbonyl (C=O) groups excluding carboxylic acids is 1. The Hall–Kier alpha value is -2.41. The van der Waals surface area contributed by atoms with Crippen molar-refractivity contribution in [2.75, 3.05) is 18.6 Å². The molecule has 0 N–H and O–H groups in total. The van der Waals surface area contributed by atoms with Gasteiger partial charge in [0.05, 0.1) is 18.5 Å². The fourth-order valence-electron chi connectivity index (χ4n) is 3.26. The molecule has 0 fully saturated rings. The highest BCUT2D eigenvalue weighted by Crippen LogP contribution is 2.44. The molecule has 0 spiro atoms. The summed E-state index contributed by atoms with van der Waals surface area (Å²) in [5.74, 6) is -0.243. The lowest BCUT2D eigenvalue weighted by atomic mass is 9.98. The zero-order valence-electron chi connectivity index (χ0n) is 13.9. The van der Waals surface area contributed by atoms with E-state index in [2.05, 4.69) is 20.8 Å². The maximum Gasteiger partial charge on any atom is 0.306 e. The van der Waals surface area contributed by atoms with Crippen LogP contribution in [-0.2, 0) is 9.53 Å². The number of fused-ring (bicyclic) bond motifs is 1. The minimum atomic E-state index is -0.397. The first kappa shape index (κ1) is 17.4. The number of aryl methyl sites for hydroxylation is 1. The summed E-state index contributed by atoms with van der Waals surface area (Å²) in [4.78, 5) is 24.4. The van der Waals surface area contributed by atoms with E-state index in [-0.39, 0.29) is 17.6 Å². The Bertz CT molecular complexity index is 853. The number of carbonyl (C=O) groups is 1. The number of benzene rings is 2. The van der Waals surface area contributed by atoms with E-state index in [9.17, 15) is 14.9 Å². The number of hydrogen-bond donors (Lipinski definition) is 0. The van der Waals surface area contributed by atoms with Gasteiger partial charge in [0.25, 0.3) is 5.69 Å². The first-order chi connectivity index (χ1) is 11.9. The zero-order chi connectivity index (χ0) is 18.1. The highest BCUT2D eigenvalue weighted by Gasteiger charge is 2.32. The molecule has 0 aliphatic carbocycles. The molecule has 1 aliphatic rings. The molecule has 2 aromatic rings.